The molecule has 214 valence electrons. The number of carbonyl (C=O) groups is 2. The van der Waals surface area contributed by atoms with Crippen LogP contribution in [-0.2, 0) is 28.0 Å². The van der Waals surface area contributed by atoms with E-state index in [2.05, 4.69) is 5.32 Å². The van der Waals surface area contributed by atoms with Crippen LogP contribution in [0, 0.1) is 6.92 Å². The molecule has 2 atom stereocenters. The molecule has 3 rings (SSSR count). The predicted octanol–water partition coefficient (Wildman–Crippen LogP) is 7.95. The Hall–Kier alpha value is -3.04. The second kappa shape index (κ2) is 10.5. The van der Waals surface area contributed by atoms with Crippen molar-refractivity contribution in [1.82, 2.24) is 0 Å². The highest BCUT2D eigenvalue weighted by Crippen LogP contribution is 2.53. The van der Waals surface area contributed by atoms with E-state index >= 15 is 4.39 Å². The van der Waals surface area contributed by atoms with Crippen LogP contribution in [-0.4, -0.2) is 29.6 Å². The third-order valence-electron chi connectivity index (χ3n) is 6.87. The number of aryl methyl sites for hydroxylation is 3. The van der Waals surface area contributed by atoms with Crippen molar-refractivity contribution in [3.8, 4) is 0 Å². The van der Waals surface area contributed by atoms with Crippen molar-refractivity contribution >= 4 is 17.6 Å². The Bertz CT molecular complexity index is 1240. The smallest absolute Gasteiger partial charge is 0.432 e. The van der Waals surface area contributed by atoms with E-state index in [4.69, 9.17) is 4.74 Å². The molecule has 1 aliphatic rings. The standard InChI is InChI=1S/C29H33F6NO3/c1-7-17-14-21(28(32,27(6,30)31)29(33,34)35)12-16(2)24(17)36-25(38)20-10-11-22-18(13-20)8-9-19(22)15-23(37)39-26(3,4)5/h10-14,19H,7-9,15H2,1-6H3,(H,36,38). The Labute approximate surface area is 224 Å². The van der Waals surface area contributed by atoms with E-state index in [0.717, 1.165) is 17.2 Å². The molecule has 0 aromatic heterocycles. The van der Waals surface area contributed by atoms with Crippen molar-refractivity contribution < 1.29 is 40.7 Å². The molecule has 0 radical (unpaired) electrons. The second-order valence-corrected chi connectivity index (χ2v) is 11.1. The van der Waals surface area contributed by atoms with Gasteiger partial charge in [-0.25, -0.2) is 13.2 Å². The molecule has 2 aromatic rings. The molecule has 0 bridgehead atoms. The number of ether oxygens (including phenoxy) is 1. The number of halogens is 6. The molecular formula is C29H33F6NO3. The summed E-state index contributed by atoms with van der Waals surface area (Å²) < 4.78 is 88.9. The number of anilines is 1. The van der Waals surface area contributed by atoms with Gasteiger partial charge < -0.3 is 10.1 Å². The monoisotopic (exact) mass is 557 g/mol. The minimum Gasteiger partial charge on any atom is -0.460 e. The van der Waals surface area contributed by atoms with Crippen molar-refractivity contribution in [2.75, 3.05) is 5.32 Å². The normalized spacial score (nSPS) is 17.4. The number of hydrogen-bond acceptors (Lipinski definition) is 3. The largest absolute Gasteiger partial charge is 0.460 e. The predicted molar refractivity (Wildman–Crippen MR) is 136 cm³/mol. The average Bonchev–Trinajstić information content (AvgIpc) is 3.18. The number of hydrogen-bond donors (Lipinski definition) is 1. The van der Waals surface area contributed by atoms with Crippen molar-refractivity contribution in [3.63, 3.8) is 0 Å². The molecule has 1 amide bonds. The SMILES string of the molecule is CCc1cc(C(F)(C(C)(F)F)C(F)(F)F)cc(C)c1NC(=O)c1ccc2c(c1)CCC2CC(=O)OC(C)(C)C. The van der Waals surface area contributed by atoms with Crippen molar-refractivity contribution in [2.24, 2.45) is 0 Å². The van der Waals surface area contributed by atoms with Gasteiger partial charge in [0.15, 0.2) is 0 Å². The highest BCUT2D eigenvalue weighted by molar-refractivity contribution is 6.05. The lowest BCUT2D eigenvalue weighted by atomic mass is 9.86. The van der Waals surface area contributed by atoms with E-state index in [-0.39, 0.29) is 54.0 Å². The molecule has 0 aliphatic heterocycles. The zero-order valence-corrected chi connectivity index (χ0v) is 22.8. The maximum absolute atomic E-state index is 15.0. The molecule has 10 heteroatoms. The fraction of sp³-hybridized carbons (Fsp3) is 0.517. The van der Waals surface area contributed by atoms with Crippen LogP contribution in [0.1, 0.15) is 91.6 Å². The van der Waals surface area contributed by atoms with E-state index in [0.29, 0.717) is 18.9 Å². The number of benzene rings is 2. The van der Waals surface area contributed by atoms with Crippen molar-refractivity contribution in [1.29, 1.82) is 0 Å². The summed E-state index contributed by atoms with van der Waals surface area (Å²) in [4.78, 5) is 25.4. The van der Waals surface area contributed by atoms with Gasteiger partial charge in [0.25, 0.3) is 17.5 Å². The van der Waals surface area contributed by atoms with E-state index in [1.54, 1.807) is 45.9 Å². The zero-order valence-electron chi connectivity index (χ0n) is 22.8. The fourth-order valence-corrected chi connectivity index (χ4v) is 5.01. The number of alkyl halides is 6. The van der Waals surface area contributed by atoms with Crippen LogP contribution in [0.15, 0.2) is 30.3 Å². The van der Waals surface area contributed by atoms with E-state index in [1.807, 2.05) is 0 Å². The Morgan fingerprint density at radius 1 is 1.00 bits per heavy atom. The molecule has 39 heavy (non-hydrogen) atoms. The number of amides is 1. The number of nitrogens with one attached hydrogen (secondary N) is 1. The summed E-state index contributed by atoms with van der Waals surface area (Å²) in [5, 5.41) is 2.66. The van der Waals surface area contributed by atoms with Crippen molar-refractivity contribution in [3.05, 3.63) is 63.7 Å². The van der Waals surface area contributed by atoms with E-state index < -0.39 is 34.8 Å². The summed E-state index contributed by atoms with van der Waals surface area (Å²) in [6, 6.07) is 6.49. The maximum Gasteiger partial charge on any atom is 0.432 e. The molecule has 4 nitrogen and oxygen atoms in total. The Morgan fingerprint density at radius 3 is 2.18 bits per heavy atom. The van der Waals surface area contributed by atoms with Gasteiger partial charge in [-0.15, -0.1) is 0 Å². The summed E-state index contributed by atoms with van der Waals surface area (Å²) in [7, 11) is 0. The zero-order chi connectivity index (χ0) is 29.6. The van der Waals surface area contributed by atoms with Gasteiger partial charge in [0.05, 0.1) is 6.42 Å². The van der Waals surface area contributed by atoms with Crippen LogP contribution in [0.3, 0.4) is 0 Å². The molecule has 1 aliphatic carbocycles. The van der Waals surface area contributed by atoms with Gasteiger partial charge >= 0.3 is 12.1 Å². The van der Waals surface area contributed by atoms with Gasteiger partial charge in [0.2, 0.25) is 0 Å². The topological polar surface area (TPSA) is 55.4 Å². The number of rotatable bonds is 7. The van der Waals surface area contributed by atoms with Crippen molar-refractivity contribution in [2.45, 2.75) is 96.5 Å². The summed E-state index contributed by atoms with van der Waals surface area (Å²) in [6.45, 7) is 8.16. The molecular weight excluding hydrogens is 524 g/mol. The fourth-order valence-electron chi connectivity index (χ4n) is 5.01. The lowest BCUT2D eigenvalue weighted by Gasteiger charge is -2.34. The first-order chi connectivity index (χ1) is 17.8. The lowest BCUT2D eigenvalue weighted by molar-refractivity contribution is -0.304. The van der Waals surface area contributed by atoms with E-state index in [1.165, 1.54) is 6.92 Å². The molecule has 0 fully saturated rings. The molecule has 0 spiro atoms. The van der Waals surface area contributed by atoms with Gasteiger partial charge in [0.1, 0.15) is 5.60 Å². The van der Waals surface area contributed by atoms with Crippen LogP contribution >= 0.6 is 0 Å². The molecule has 0 heterocycles. The first-order valence-corrected chi connectivity index (χ1v) is 12.7. The number of fused-ring (bicyclic) bond motifs is 1. The Balaban J connectivity index is 1.87. The molecule has 0 saturated heterocycles. The number of esters is 1. The van der Waals surface area contributed by atoms with Gasteiger partial charge in [-0.2, -0.15) is 13.2 Å². The summed E-state index contributed by atoms with van der Waals surface area (Å²) in [6.07, 6.45) is -4.22. The highest BCUT2D eigenvalue weighted by Gasteiger charge is 2.70. The molecule has 2 aromatic carbocycles. The lowest BCUT2D eigenvalue weighted by Crippen LogP contribution is -2.51. The first-order valence-electron chi connectivity index (χ1n) is 12.7. The first kappa shape index (κ1) is 30.5. The Kier molecular flexibility index (Phi) is 8.21. The minimum atomic E-state index is -5.86. The molecule has 1 N–H and O–H groups in total. The van der Waals surface area contributed by atoms with Crippen LogP contribution < -0.4 is 5.32 Å². The van der Waals surface area contributed by atoms with Crippen LogP contribution in [0.25, 0.3) is 0 Å². The van der Waals surface area contributed by atoms with Gasteiger partial charge in [-0.1, -0.05) is 19.1 Å². The van der Waals surface area contributed by atoms with Gasteiger partial charge in [0, 0.05) is 23.7 Å². The highest BCUT2D eigenvalue weighted by atomic mass is 19.4. The number of carbonyl (C=O) groups excluding carboxylic acids is 2. The summed E-state index contributed by atoms with van der Waals surface area (Å²) in [5.41, 5.74) is -4.33. The molecule has 2 unspecified atom stereocenters. The average molecular weight is 558 g/mol. The van der Waals surface area contributed by atoms with Gasteiger partial charge in [-0.05, 0) is 93.3 Å². The van der Waals surface area contributed by atoms with Crippen LogP contribution in [0.4, 0.5) is 32.0 Å². The third kappa shape index (κ3) is 6.25. The van der Waals surface area contributed by atoms with Crippen LogP contribution in [0.2, 0.25) is 0 Å². The quantitative estimate of drug-likeness (QED) is 0.278. The van der Waals surface area contributed by atoms with E-state index in [9.17, 15) is 31.5 Å². The second-order valence-electron chi connectivity index (χ2n) is 11.1. The Morgan fingerprint density at radius 2 is 1.64 bits per heavy atom. The van der Waals surface area contributed by atoms with Crippen LogP contribution in [0.5, 0.6) is 0 Å². The van der Waals surface area contributed by atoms with Gasteiger partial charge in [-0.3, -0.25) is 9.59 Å². The minimum absolute atomic E-state index is 0.0202. The molecule has 0 saturated carbocycles. The maximum atomic E-state index is 15.0. The third-order valence-corrected chi connectivity index (χ3v) is 6.87. The summed E-state index contributed by atoms with van der Waals surface area (Å²) in [5.74, 6) is -5.64. The summed E-state index contributed by atoms with van der Waals surface area (Å²) >= 11 is 0.